The van der Waals surface area contributed by atoms with Gasteiger partial charge >= 0.3 is 6.03 Å². The number of hydrogen-bond acceptors (Lipinski definition) is 4. The third-order valence-corrected chi connectivity index (χ3v) is 7.30. The first kappa shape index (κ1) is 17.2. The van der Waals surface area contributed by atoms with E-state index in [-0.39, 0.29) is 11.6 Å². The maximum Gasteiger partial charge on any atom is 0.324 e. The van der Waals surface area contributed by atoms with Crippen molar-refractivity contribution in [3.63, 3.8) is 0 Å². The average Bonchev–Trinajstić information content (AvgIpc) is 3.37. The standard InChI is InChI=1S/C21H25N3O2S/c25-20(23-19-22-13-18(27-19)10-15-6-8-26-9-7-15)24-14-16-11-21(24,12-16)17-4-2-1-3-5-17/h1-5,13,15-16H,6-12,14H2,(H,22,23,25). The molecule has 3 saturated heterocycles. The number of hydrogen-bond donors (Lipinski definition) is 1. The Labute approximate surface area is 163 Å². The molecular formula is C21H25N3O2S. The van der Waals surface area contributed by atoms with Crippen LogP contribution in [0.15, 0.2) is 36.5 Å². The summed E-state index contributed by atoms with van der Waals surface area (Å²) < 4.78 is 5.44. The van der Waals surface area contributed by atoms with Gasteiger partial charge in [-0.3, -0.25) is 5.32 Å². The zero-order valence-corrected chi connectivity index (χ0v) is 16.2. The van der Waals surface area contributed by atoms with Crippen LogP contribution in [0.5, 0.6) is 0 Å². The van der Waals surface area contributed by atoms with Crippen molar-refractivity contribution in [2.75, 3.05) is 25.1 Å². The predicted molar refractivity (Wildman–Crippen MR) is 106 cm³/mol. The highest BCUT2D eigenvalue weighted by Gasteiger charge is 2.58. The summed E-state index contributed by atoms with van der Waals surface area (Å²) in [7, 11) is 0. The van der Waals surface area contributed by atoms with Crippen LogP contribution >= 0.6 is 11.3 Å². The molecule has 2 amide bonds. The monoisotopic (exact) mass is 383 g/mol. The minimum Gasteiger partial charge on any atom is -0.381 e. The summed E-state index contributed by atoms with van der Waals surface area (Å²) in [5.41, 5.74) is 1.14. The number of amides is 2. The molecule has 2 bridgehead atoms. The first-order valence-corrected chi connectivity index (χ1v) is 10.7. The second-order valence-corrected chi connectivity index (χ2v) is 9.22. The van der Waals surface area contributed by atoms with Crippen LogP contribution in [-0.2, 0) is 16.7 Å². The molecule has 0 unspecified atom stereocenters. The van der Waals surface area contributed by atoms with Crippen LogP contribution in [-0.4, -0.2) is 35.7 Å². The van der Waals surface area contributed by atoms with E-state index in [1.54, 1.807) is 11.3 Å². The third-order valence-electron chi connectivity index (χ3n) is 6.36. The number of ether oxygens (including phenoxy) is 1. The molecule has 2 aromatic rings. The molecule has 4 aliphatic rings. The van der Waals surface area contributed by atoms with Gasteiger partial charge in [0.15, 0.2) is 5.13 Å². The summed E-state index contributed by atoms with van der Waals surface area (Å²) in [5, 5.41) is 3.78. The molecule has 0 atom stereocenters. The fraction of sp³-hybridized carbons (Fsp3) is 0.524. The minimum absolute atomic E-state index is 0.00850. The summed E-state index contributed by atoms with van der Waals surface area (Å²) in [6, 6.07) is 10.5. The number of benzene rings is 1. The Bertz CT molecular complexity index is 810. The molecule has 5 nitrogen and oxygen atoms in total. The van der Waals surface area contributed by atoms with Crippen LogP contribution in [0.3, 0.4) is 0 Å². The zero-order valence-electron chi connectivity index (χ0n) is 15.4. The van der Waals surface area contributed by atoms with Crippen LogP contribution < -0.4 is 5.32 Å². The molecule has 3 aliphatic heterocycles. The summed E-state index contributed by atoms with van der Waals surface area (Å²) >= 11 is 1.61. The van der Waals surface area contributed by atoms with Crippen LogP contribution in [0.2, 0.25) is 0 Å². The van der Waals surface area contributed by atoms with Gasteiger partial charge in [0.1, 0.15) is 0 Å². The summed E-state index contributed by atoms with van der Waals surface area (Å²) in [6.07, 6.45) is 7.36. The Kier molecular flexibility index (Phi) is 4.40. The van der Waals surface area contributed by atoms with Crippen LogP contribution in [0.25, 0.3) is 0 Å². The fourth-order valence-corrected chi connectivity index (χ4v) is 5.87. The number of aromatic nitrogens is 1. The lowest BCUT2D eigenvalue weighted by atomic mass is 9.69. The zero-order chi connectivity index (χ0) is 18.3. The number of carbonyl (C=O) groups is 1. The number of thiazole rings is 1. The van der Waals surface area contributed by atoms with E-state index in [0.29, 0.717) is 11.8 Å². The molecule has 4 heterocycles. The molecule has 1 aliphatic carbocycles. The first-order chi connectivity index (χ1) is 13.2. The maximum atomic E-state index is 13.0. The first-order valence-electron chi connectivity index (χ1n) is 9.89. The quantitative estimate of drug-likeness (QED) is 0.858. The van der Waals surface area contributed by atoms with Gasteiger partial charge in [-0.2, -0.15) is 0 Å². The molecule has 142 valence electrons. The average molecular weight is 384 g/mol. The van der Waals surface area contributed by atoms with Gasteiger partial charge in [0.2, 0.25) is 0 Å². The molecule has 6 heteroatoms. The van der Waals surface area contributed by atoms with Crippen molar-refractivity contribution in [1.82, 2.24) is 9.88 Å². The van der Waals surface area contributed by atoms with Crippen molar-refractivity contribution in [1.29, 1.82) is 0 Å². The number of anilines is 1. The molecule has 1 aromatic heterocycles. The SMILES string of the molecule is O=C(Nc1ncc(CC2CCOCC2)s1)N1CC2CC1(c1ccccc1)C2. The Morgan fingerprint density at radius 2 is 2.04 bits per heavy atom. The Morgan fingerprint density at radius 1 is 1.26 bits per heavy atom. The fourth-order valence-electron chi connectivity index (χ4n) is 4.95. The second-order valence-electron chi connectivity index (χ2n) is 8.10. The molecule has 27 heavy (non-hydrogen) atoms. The third kappa shape index (κ3) is 3.15. The molecule has 1 aromatic carbocycles. The highest BCUT2D eigenvalue weighted by Crippen LogP contribution is 2.57. The van der Waals surface area contributed by atoms with Crippen LogP contribution in [0.1, 0.15) is 36.1 Å². The van der Waals surface area contributed by atoms with Crippen molar-refractivity contribution >= 4 is 22.5 Å². The van der Waals surface area contributed by atoms with Crippen molar-refractivity contribution in [2.45, 2.75) is 37.6 Å². The molecular weight excluding hydrogens is 358 g/mol. The van der Waals surface area contributed by atoms with Gasteiger partial charge < -0.3 is 9.64 Å². The Hall–Kier alpha value is -1.92. The van der Waals surface area contributed by atoms with E-state index in [1.807, 2.05) is 17.2 Å². The number of carbonyl (C=O) groups excluding carboxylic acids is 1. The largest absolute Gasteiger partial charge is 0.381 e. The molecule has 0 spiro atoms. The van der Waals surface area contributed by atoms with Gasteiger partial charge in [-0.15, -0.1) is 11.3 Å². The van der Waals surface area contributed by atoms with Crippen molar-refractivity contribution in [3.8, 4) is 0 Å². The minimum atomic E-state index is -0.113. The van der Waals surface area contributed by atoms with Gasteiger partial charge in [-0.25, -0.2) is 9.78 Å². The molecule has 1 saturated carbocycles. The van der Waals surface area contributed by atoms with E-state index < -0.39 is 0 Å². The highest BCUT2D eigenvalue weighted by atomic mass is 32.1. The lowest BCUT2D eigenvalue weighted by molar-refractivity contribution is 0.0667. The van der Waals surface area contributed by atoms with Crippen LogP contribution in [0.4, 0.5) is 9.93 Å². The normalized spacial score (nSPS) is 27.4. The van der Waals surface area contributed by atoms with E-state index in [1.165, 1.54) is 10.4 Å². The lowest BCUT2D eigenvalue weighted by Crippen LogP contribution is -2.47. The van der Waals surface area contributed by atoms with Gasteiger partial charge in [-0.1, -0.05) is 30.3 Å². The van der Waals surface area contributed by atoms with Crippen molar-refractivity contribution < 1.29 is 9.53 Å². The van der Waals surface area contributed by atoms with Crippen molar-refractivity contribution in [3.05, 3.63) is 47.0 Å². The summed E-state index contributed by atoms with van der Waals surface area (Å²) in [4.78, 5) is 20.7. The van der Waals surface area contributed by atoms with Gasteiger partial charge in [0.25, 0.3) is 0 Å². The van der Waals surface area contributed by atoms with Crippen LogP contribution in [0, 0.1) is 11.8 Å². The summed E-state index contributed by atoms with van der Waals surface area (Å²) in [5.74, 6) is 1.31. The van der Waals surface area contributed by atoms with E-state index >= 15 is 0 Å². The number of nitrogens with zero attached hydrogens (tertiary/aromatic N) is 2. The molecule has 1 N–H and O–H groups in total. The predicted octanol–water partition coefficient (Wildman–Crippen LogP) is 4.27. The maximum absolute atomic E-state index is 13.0. The van der Waals surface area contributed by atoms with E-state index in [9.17, 15) is 4.79 Å². The van der Waals surface area contributed by atoms with Crippen molar-refractivity contribution in [2.24, 2.45) is 11.8 Å². The number of rotatable bonds is 4. The summed E-state index contributed by atoms with van der Waals surface area (Å²) in [6.45, 7) is 2.58. The Balaban J connectivity index is 1.26. The van der Waals surface area contributed by atoms with E-state index in [2.05, 4.69) is 34.6 Å². The van der Waals surface area contributed by atoms with Gasteiger partial charge in [-0.05, 0) is 49.5 Å². The van der Waals surface area contributed by atoms with E-state index in [4.69, 9.17) is 4.74 Å². The molecule has 0 radical (unpaired) electrons. The number of nitrogens with one attached hydrogen (secondary N) is 1. The second kappa shape index (κ2) is 6.91. The molecule has 6 rings (SSSR count). The van der Waals surface area contributed by atoms with Gasteiger partial charge in [0, 0.05) is 30.8 Å². The molecule has 4 fully saturated rings. The Morgan fingerprint density at radius 3 is 2.81 bits per heavy atom. The number of urea groups is 1. The van der Waals surface area contributed by atoms with E-state index in [0.717, 1.165) is 57.0 Å². The number of fused-ring (bicyclic) bond motifs is 1. The lowest BCUT2D eigenvalue weighted by Gasteiger charge is -2.42. The smallest absolute Gasteiger partial charge is 0.324 e. The highest BCUT2D eigenvalue weighted by molar-refractivity contribution is 7.15. The topological polar surface area (TPSA) is 54.5 Å². The van der Waals surface area contributed by atoms with Gasteiger partial charge in [0.05, 0.1) is 5.54 Å².